The first-order valence-electron chi connectivity index (χ1n) is 6.83. The largest absolute Gasteiger partial charge is 0.312 e. The fourth-order valence-corrected chi connectivity index (χ4v) is 4.87. The van der Waals surface area contributed by atoms with Crippen LogP contribution in [0.25, 0.3) is 0 Å². The first-order chi connectivity index (χ1) is 9.01. The zero-order valence-electron chi connectivity index (χ0n) is 11.5. The normalized spacial score (nSPS) is 23.3. The second kappa shape index (κ2) is 6.35. The summed E-state index contributed by atoms with van der Waals surface area (Å²) >= 11 is 1.35. The van der Waals surface area contributed by atoms with Gasteiger partial charge in [0.25, 0.3) is 0 Å². The molecule has 0 aromatic carbocycles. The van der Waals surface area contributed by atoms with Crippen LogP contribution < -0.4 is 10.0 Å². The average Bonchev–Trinajstić information content (AvgIpc) is 2.77. The van der Waals surface area contributed by atoms with Crippen molar-refractivity contribution >= 4 is 21.4 Å². The number of thiophene rings is 1. The van der Waals surface area contributed by atoms with E-state index in [0.717, 1.165) is 37.2 Å². The molecule has 1 saturated carbocycles. The summed E-state index contributed by atoms with van der Waals surface area (Å²) in [5, 5.41) is 3.28. The van der Waals surface area contributed by atoms with E-state index in [1.54, 1.807) is 6.07 Å². The Morgan fingerprint density at radius 2 is 2.11 bits per heavy atom. The lowest BCUT2D eigenvalue weighted by molar-refractivity contribution is 0.270. The van der Waals surface area contributed by atoms with E-state index >= 15 is 0 Å². The zero-order valence-corrected chi connectivity index (χ0v) is 13.1. The Morgan fingerprint density at radius 1 is 1.37 bits per heavy atom. The minimum Gasteiger partial charge on any atom is -0.312 e. The molecule has 0 amide bonds. The van der Waals surface area contributed by atoms with E-state index in [-0.39, 0.29) is 6.04 Å². The van der Waals surface area contributed by atoms with E-state index in [1.165, 1.54) is 11.3 Å². The molecule has 4 nitrogen and oxygen atoms in total. The summed E-state index contributed by atoms with van der Waals surface area (Å²) in [4.78, 5) is 1.07. The Balaban J connectivity index is 1.92. The van der Waals surface area contributed by atoms with Crippen LogP contribution in [0.2, 0.25) is 0 Å². The van der Waals surface area contributed by atoms with Crippen molar-refractivity contribution in [2.24, 2.45) is 5.92 Å². The summed E-state index contributed by atoms with van der Waals surface area (Å²) in [6.45, 7) is 5.96. The molecule has 0 radical (unpaired) electrons. The second-order valence-electron chi connectivity index (χ2n) is 5.29. The Morgan fingerprint density at radius 3 is 2.74 bits per heavy atom. The molecule has 1 fully saturated rings. The van der Waals surface area contributed by atoms with Gasteiger partial charge >= 0.3 is 0 Å². The smallest absolute Gasteiger partial charge is 0.250 e. The highest BCUT2D eigenvalue weighted by atomic mass is 32.2. The standard InChI is InChI=1S/C13H22N2O2S2/c1-3-6-14-9-12-4-5-13(18-12)19(16,17)15-11-7-10(2)8-11/h4-5,10-11,14-15H,3,6-9H2,1-2H3. The molecule has 1 aromatic rings. The lowest BCUT2D eigenvalue weighted by Crippen LogP contribution is -2.43. The summed E-state index contributed by atoms with van der Waals surface area (Å²) < 4.78 is 27.5. The molecule has 1 aliphatic rings. The van der Waals surface area contributed by atoms with Gasteiger partial charge in [0.15, 0.2) is 0 Å². The van der Waals surface area contributed by atoms with Gasteiger partial charge in [-0.25, -0.2) is 13.1 Å². The van der Waals surface area contributed by atoms with Crippen LogP contribution in [0.4, 0.5) is 0 Å². The second-order valence-corrected chi connectivity index (χ2v) is 8.40. The van der Waals surface area contributed by atoms with Crippen LogP contribution in [-0.2, 0) is 16.6 Å². The number of rotatable bonds is 7. The highest BCUT2D eigenvalue weighted by Crippen LogP contribution is 2.29. The van der Waals surface area contributed by atoms with Crippen LogP contribution in [0.3, 0.4) is 0 Å². The van der Waals surface area contributed by atoms with Crippen LogP contribution in [-0.4, -0.2) is 21.0 Å². The van der Waals surface area contributed by atoms with E-state index in [1.807, 2.05) is 6.07 Å². The molecule has 0 unspecified atom stereocenters. The van der Waals surface area contributed by atoms with E-state index in [9.17, 15) is 8.42 Å². The first kappa shape index (κ1) is 15.0. The fraction of sp³-hybridized carbons (Fsp3) is 0.692. The Bertz CT molecular complexity index is 504. The summed E-state index contributed by atoms with van der Waals surface area (Å²) in [6, 6.07) is 3.73. The molecular weight excluding hydrogens is 280 g/mol. The van der Waals surface area contributed by atoms with Gasteiger partial charge in [0, 0.05) is 17.5 Å². The molecule has 2 rings (SSSR count). The maximum atomic E-state index is 12.2. The third kappa shape index (κ3) is 4.02. The van der Waals surface area contributed by atoms with E-state index < -0.39 is 10.0 Å². The van der Waals surface area contributed by atoms with Gasteiger partial charge in [0.05, 0.1) is 0 Å². The zero-order chi connectivity index (χ0) is 13.9. The van der Waals surface area contributed by atoms with Crippen molar-refractivity contribution in [1.29, 1.82) is 0 Å². The predicted octanol–water partition coefficient (Wildman–Crippen LogP) is 2.32. The van der Waals surface area contributed by atoms with Crippen LogP contribution in [0.1, 0.15) is 38.0 Å². The minimum atomic E-state index is -3.31. The van der Waals surface area contributed by atoms with Crippen LogP contribution >= 0.6 is 11.3 Å². The highest BCUT2D eigenvalue weighted by Gasteiger charge is 2.30. The molecular formula is C13H22N2O2S2. The monoisotopic (exact) mass is 302 g/mol. The van der Waals surface area contributed by atoms with E-state index in [2.05, 4.69) is 23.9 Å². The van der Waals surface area contributed by atoms with Gasteiger partial charge in [-0.1, -0.05) is 13.8 Å². The van der Waals surface area contributed by atoms with Crippen molar-refractivity contribution in [3.8, 4) is 0 Å². The first-order valence-corrected chi connectivity index (χ1v) is 9.13. The molecule has 0 spiro atoms. The Labute approximate surface area is 119 Å². The van der Waals surface area contributed by atoms with Crippen LogP contribution in [0.5, 0.6) is 0 Å². The van der Waals surface area contributed by atoms with Crippen LogP contribution in [0.15, 0.2) is 16.3 Å². The molecule has 6 heteroatoms. The van der Waals surface area contributed by atoms with Gasteiger partial charge in [-0.15, -0.1) is 11.3 Å². The molecule has 108 valence electrons. The van der Waals surface area contributed by atoms with Gasteiger partial charge in [-0.2, -0.15) is 0 Å². The van der Waals surface area contributed by atoms with Gasteiger partial charge in [-0.3, -0.25) is 0 Å². The van der Waals surface area contributed by atoms with Crippen molar-refractivity contribution in [3.63, 3.8) is 0 Å². The molecule has 2 N–H and O–H groups in total. The summed E-state index contributed by atoms with van der Waals surface area (Å²) in [7, 11) is -3.31. The Kier molecular flexibility index (Phi) is 5.00. The number of sulfonamides is 1. The molecule has 0 bridgehead atoms. The third-order valence-electron chi connectivity index (χ3n) is 3.32. The molecule has 0 aliphatic heterocycles. The quantitative estimate of drug-likeness (QED) is 0.760. The topological polar surface area (TPSA) is 58.2 Å². The van der Waals surface area contributed by atoms with Gasteiger partial charge in [0.2, 0.25) is 10.0 Å². The average molecular weight is 302 g/mol. The SMILES string of the molecule is CCCNCc1ccc(S(=O)(=O)NC2CC(C)C2)s1. The molecule has 1 aliphatic carbocycles. The van der Waals surface area contributed by atoms with Crippen molar-refractivity contribution in [1.82, 2.24) is 10.0 Å². The third-order valence-corrected chi connectivity index (χ3v) is 6.42. The molecule has 19 heavy (non-hydrogen) atoms. The van der Waals surface area contributed by atoms with Gasteiger partial charge in [0.1, 0.15) is 4.21 Å². The lowest BCUT2D eigenvalue weighted by atomic mass is 9.83. The summed E-state index contributed by atoms with van der Waals surface area (Å²) in [5.41, 5.74) is 0. The number of nitrogens with one attached hydrogen (secondary N) is 2. The Hall–Kier alpha value is -0.430. The molecule has 0 atom stereocenters. The summed E-state index contributed by atoms with van der Waals surface area (Å²) in [6.07, 6.45) is 2.99. The van der Waals surface area contributed by atoms with Crippen molar-refractivity contribution in [2.75, 3.05) is 6.54 Å². The molecule has 1 aromatic heterocycles. The predicted molar refractivity (Wildman–Crippen MR) is 78.8 cm³/mol. The van der Waals surface area contributed by atoms with Crippen LogP contribution in [0, 0.1) is 5.92 Å². The van der Waals surface area contributed by atoms with E-state index in [4.69, 9.17) is 0 Å². The maximum absolute atomic E-state index is 12.2. The highest BCUT2D eigenvalue weighted by molar-refractivity contribution is 7.91. The van der Waals surface area contributed by atoms with Crippen molar-refractivity contribution < 1.29 is 8.42 Å². The van der Waals surface area contributed by atoms with E-state index in [0.29, 0.717) is 10.1 Å². The fourth-order valence-electron chi connectivity index (χ4n) is 2.26. The van der Waals surface area contributed by atoms with Crippen molar-refractivity contribution in [3.05, 3.63) is 17.0 Å². The lowest BCUT2D eigenvalue weighted by Gasteiger charge is -2.32. The van der Waals surface area contributed by atoms with Gasteiger partial charge < -0.3 is 5.32 Å². The molecule has 0 saturated heterocycles. The maximum Gasteiger partial charge on any atom is 0.250 e. The number of hydrogen-bond donors (Lipinski definition) is 2. The minimum absolute atomic E-state index is 0.128. The van der Waals surface area contributed by atoms with Gasteiger partial charge in [-0.05, 0) is 43.9 Å². The van der Waals surface area contributed by atoms with Crippen molar-refractivity contribution in [2.45, 2.75) is 49.9 Å². The molecule has 1 heterocycles. The summed E-state index contributed by atoms with van der Waals surface area (Å²) in [5.74, 6) is 0.643. The number of hydrogen-bond acceptors (Lipinski definition) is 4.